The number of benzene rings is 2. The monoisotopic (exact) mass is 501 g/mol. The molecule has 11 heteroatoms. The maximum absolute atomic E-state index is 11.0. The van der Waals surface area contributed by atoms with Gasteiger partial charge in [0.25, 0.3) is 6.02 Å². The fourth-order valence-corrected chi connectivity index (χ4v) is 4.87. The lowest BCUT2D eigenvalue weighted by atomic mass is 10.1. The molecule has 2 unspecified atom stereocenters. The van der Waals surface area contributed by atoms with E-state index in [1.165, 1.54) is 0 Å². The van der Waals surface area contributed by atoms with Gasteiger partial charge in [0.1, 0.15) is 41.7 Å². The van der Waals surface area contributed by atoms with Crippen molar-refractivity contribution in [3.05, 3.63) is 64.9 Å². The first kappa shape index (κ1) is 22.2. The second-order valence-corrected chi connectivity index (χ2v) is 9.60. The number of thiazole rings is 1. The number of ether oxygens (including phenoxy) is 2. The van der Waals surface area contributed by atoms with Gasteiger partial charge in [-0.05, 0) is 48.9 Å². The van der Waals surface area contributed by atoms with Gasteiger partial charge in [-0.2, -0.15) is 0 Å². The summed E-state index contributed by atoms with van der Waals surface area (Å²) in [6.45, 7) is 3.59. The van der Waals surface area contributed by atoms with Crippen LogP contribution in [0.3, 0.4) is 0 Å². The summed E-state index contributed by atoms with van der Waals surface area (Å²) in [4.78, 5) is 30.4. The van der Waals surface area contributed by atoms with Gasteiger partial charge in [0, 0.05) is 34.9 Å². The quantitative estimate of drug-likeness (QED) is 0.368. The van der Waals surface area contributed by atoms with Crippen LogP contribution >= 0.6 is 11.3 Å². The average molecular weight is 502 g/mol. The van der Waals surface area contributed by atoms with Crippen molar-refractivity contribution in [1.82, 2.24) is 19.9 Å². The molecule has 6 rings (SSSR count). The topological polar surface area (TPSA) is 114 Å². The standard InChI is InChI=1S/C25H23N7O3S/c1-15-8-16(3-5-21(15)34-12-23-26-6-7-36-23)29-24-18-9-17(2-4-19(18)27-13-28-24)30-25-31-20-10-32(14-33)11-22(20)35-25/h2-9,13-14,20,22H,10-12H2,1H3,(H,30,31)(H,27,28,29). The van der Waals surface area contributed by atoms with Gasteiger partial charge in [-0.25, -0.2) is 19.9 Å². The summed E-state index contributed by atoms with van der Waals surface area (Å²) in [5.74, 6) is 1.50. The van der Waals surface area contributed by atoms with Crippen molar-refractivity contribution in [1.29, 1.82) is 0 Å². The molecule has 0 aliphatic carbocycles. The molecule has 0 saturated carbocycles. The number of carbonyl (C=O) groups is 1. The van der Waals surface area contributed by atoms with Crippen LogP contribution in [0.4, 0.5) is 17.2 Å². The maximum Gasteiger partial charge on any atom is 0.290 e. The van der Waals surface area contributed by atoms with E-state index in [1.807, 2.05) is 48.7 Å². The SMILES string of the molecule is Cc1cc(Nc2ncnc3ccc(NC4=NC5CN(C=O)CC5O4)cc23)ccc1OCc1nccs1. The Morgan fingerprint density at radius 2 is 2.03 bits per heavy atom. The number of rotatable bonds is 7. The van der Waals surface area contributed by atoms with E-state index in [0.29, 0.717) is 31.5 Å². The Balaban J connectivity index is 1.18. The van der Waals surface area contributed by atoms with Crippen LogP contribution in [0.15, 0.2) is 59.3 Å². The highest BCUT2D eigenvalue weighted by Gasteiger charge is 2.39. The van der Waals surface area contributed by atoms with Gasteiger partial charge in [-0.15, -0.1) is 11.3 Å². The number of anilines is 3. The highest BCUT2D eigenvalue weighted by molar-refractivity contribution is 7.09. The third-order valence-electron chi connectivity index (χ3n) is 6.12. The van der Waals surface area contributed by atoms with E-state index in [4.69, 9.17) is 9.47 Å². The first-order chi connectivity index (χ1) is 17.6. The van der Waals surface area contributed by atoms with Gasteiger partial charge in [0.2, 0.25) is 6.41 Å². The van der Waals surface area contributed by atoms with E-state index in [1.54, 1.807) is 28.8 Å². The number of nitrogens with one attached hydrogen (secondary N) is 2. The molecule has 2 aromatic heterocycles. The van der Waals surface area contributed by atoms with Crippen molar-refractivity contribution >= 4 is 51.9 Å². The summed E-state index contributed by atoms with van der Waals surface area (Å²) in [6, 6.07) is 12.2. The van der Waals surface area contributed by atoms with Crippen LogP contribution in [0.1, 0.15) is 10.6 Å². The van der Waals surface area contributed by atoms with Crippen molar-refractivity contribution in [3.63, 3.8) is 0 Å². The second kappa shape index (κ2) is 9.42. The Bertz CT molecular complexity index is 1440. The largest absolute Gasteiger partial charge is 0.486 e. The minimum absolute atomic E-state index is 0.0320. The number of carbonyl (C=O) groups excluding carboxylic acids is 1. The first-order valence-corrected chi connectivity index (χ1v) is 12.4. The Morgan fingerprint density at radius 1 is 1.14 bits per heavy atom. The zero-order valence-corrected chi connectivity index (χ0v) is 20.2. The molecule has 4 heterocycles. The highest BCUT2D eigenvalue weighted by atomic mass is 32.1. The van der Waals surface area contributed by atoms with Crippen molar-refractivity contribution in [2.75, 3.05) is 23.7 Å². The normalized spacial score (nSPS) is 18.5. The predicted molar refractivity (Wildman–Crippen MR) is 138 cm³/mol. The summed E-state index contributed by atoms with van der Waals surface area (Å²) in [7, 11) is 0. The molecule has 2 aromatic carbocycles. The number of aliphatic imine (C=N–C) groups is 1. The second-order valence-electron chi connectivity index (χ2n) is 8.62. The molecule has 0 spiro atoms. The van der Waals surface area contributed by atoms with Gasteiger partial charge in [-0.1, -0.05) is 0 Å². The van der Waals surface area contributed by atoms with Gasteiger partial charge in [-0.3, -0.25) is 4.79 Å². The number of nitrogens with zero attached hydrogens (tertiary/aromatic N) is 5. The molecule has 1 saturated heterocycles. The lowest BCUT2D eigenvalue weighted by molar-refractivity contribution is -0.117. The number of hydrogen-bond donors (Lipinski definition) is 2. The fraction of sp³-hybridized carbons (Fsp3) is 0.240. The molecule has 4 aromatic rings. The van der Waals surface area contributed by atoms with Crippen LogP contribution in [0.25, 0.3) is 10.9 Å². The van der Waals surface area contributed by atoms with Gasteiger partial charge < -0.3 is 25.0 Å². The van der Waals surface area contributed by atoms with E-state index in [-0.39, 0.29) is 12.1 Å². The number of hydrogen-bond acceptors (Lipinski definition) is 10. The number of amidine groups is 1. The summed E-state index contributed by atoms with van der Waals surface area (Å²) in [5.41, 5.74) is 3.52. The molecule has 10 nitrogen and oxygen atoms in total. The minimum atomic E-state index is -0.101. The summed E-state index contributed by atoms with van der Waals surface area (Å²) in [6.07, 6.45) is 4.06. The molecule has 2 atom stereocenters. The van der Waals surface area contributed by atoms with E-state index >= 15 is 0 Å². The Labute approximate surface area is 211 Å². The molecular weight excluding hydrogens is 478 g/mol. The summed E-state index contributed by atoms with van der Waals surface area (Å²) < 4.78 is 11.8. The number of fused-ring (bicyclic) bond motifs is 2. The summed E-state index contributed by atoms with van der Waals surface area (Å²) in [5, 5.41) is 10.4. The molecule has 1 amide bonds. The zero-order chi connectivity index (χ0) is 24.5. The van der Waals surface area contributed by atoms with E-state index in [2.05, 4.69) is 30.6 Å². The molecule has 182 valence electrons. The van der Waals surface area contributed by atoms with Crippen LogP contribution in [0.2, 0.25) is 0 Å². The third kappa shape index (κ3) is 4.52. The van der Waals surface area contributed by atoms with Crippen molar-refractivity contribution in [2.45, 2.75) is 25.7 Å². The molecule has 2 N–H and O–H groups in total. The van der Waals surface area contributed by atoms with E-state index in [0.717, 1.165) is 45.0 Å². The Hall–Kier alpha value is -4.25. The van der Waals surface area contributed by atoms with Crippen LogP contribution < -0.4 is 15.4 Å². The van der Waals surface area contributed by atoms with Crippen molar-refractivity contribution in [2.24, 2.45) is 4.99 Å². The van der Waals surface area contributed by atoms with Gasteiger partial charge in [0.05, 0.1) is 12.1 Å². The van der Waals surface area contributed by atoms with E-state index in [9.17, 15) is 4.79 Å². The molecule has 36 heavy (non-hydrogen) atoms. The molecule has 1 fully saturated rings. The molecule has 2 aliphatic heterocycles. The molecule has 0 bridgehead atoms. The van der Waals surface area contributed by atoms with Gasteiger partial charge in [0.15, 0.2) is 0 Å². The highest BCUT2D eigenvalue weighted by Crippen LogP contribution is 2.29. The molecule has 2 aliphatic rings. The van der Waals surface area contributed by atoms with Crippen LogP contribution in [0, 0.1) is 6.92 Å². The third-order valence-corrected chi connectivity index (χ3v) is 6.87. The summed E-state index contributed by atoms with van der Waals surface area (Å²) >= 11 is 1.57. The number of aromatic nitrogens is 3. The molecular formula is C25H23N7O3S. The minimum Gasteiger partial charge on any atom is -0.486 e. The van der Waals surface area contributed by atoms with Crippen LogP contribution in [-0.2, 0) is 16.1 Å². The van der Waals surface area contributed by atoms with Crippen LogP contribution in [0.5, 0.6) is 5.75 Å². The average Bonchev–Trinajstić information content (AvgIpc) is 3.61. The number of amides is 1. The lowest BCUT2D eigenvalue weighted by Crippen LogP contribution is -2.25. The molecule has 0 radical (unpaired) electrons. The smallest absolute Gasteiger partial charge is 0.290 e. The predicted octanol–water partition coefficient (Wildman–Crippen LogP) is 3.72. The lowest BCUT2D eigenvalue weighted by Gasteiger charge is -2.14. The first-order valence-electron chi connectivity index (χ1n) is 11.5. The fourth-order valence-electron chi connectivity index (χ4n) is 4.34. The van der Waals surface area contributed by atoms with E-state index < -0.39 is 0 Å². The van der Waals surface area contributed by atoms with Crippen molar-refractivity contribution < 1.29 is 14.3 Å². The van der Waals surface area contributed by atoms with Gasteiger partial charge >= 0.3 is 0 Å². The Kier molecular flexibility index (Phi) is 5.82. The number of likely N-dealkylation sites (tertiary alicyclic amines) is 1. The number of aryl methyl sites for hydroxylation is 1. The maximum atomic E-state index is 11.0. The van der Waals surface area contributed by atoms with Crippen LogP contribution in [-0.4, -0.2) is 57.5 Å². The zero-order valence-electron chi connectivity index (χ0n) is 19.4. The Morgan fingerprint density at radius 3 is 2.83 bits per heavy atom. The van der Waals surface area contributed by atoms with Crippen molar-refractivity contribution in [3.8, 4) is 5.75 Å².